The molecule has 2 heteroatoms. The Kier molecular flexibility index (Phi) is 7.18. The van der Waals surface area contributed by atoms with Crippen LogP contribution >= 0.6 is 0 Å². The van der Waals surface area contributed by atoms with Gasteiger partial charge in [0, 0.05) is 44.0 Å². The maximum Gasteiger partial charge on any atom is 0.0619 e. The number of benzene rings is 8. The van der Waals surface area contributed by atoms with Crippen molar-refractivity contribution in [1.29, 1.82) is 0 Å². The first-order valence-electron chi connectivity index (χ1n) is 17.9. The molecular weight excluding hydrogens is 629 g/mol. The van der Waals surface area contributed by atoms with Gasteiger partial charge in [-0.1, -0.05) is 170 Å². The van der Waals surface area contributed by atoms with E-state index in [0.29, 0.717) is 0 Å². The van der Waals surface area contributed by atoms with E-state index in [1.54, 1.807) is 0 Å². The zero-order chi connectivity index (χ0) is 34.4. The van der Waals surface area contributed by atoms with Gasteiger partial charge in [-0.3, -0.25) is 0 Å². The lowest BCUT2D eigenvalue weighted by molar-refractivity contribution is 1.18. The third kappa shape index (κ3) is 4.96. The Morgan fingerprint density at radius 2 is 0.654 bits per heavy atom. The third-order valence-electron chi connectivity index (χ3n) is 10.3. The molecule has 2 aromatic heterocycles. The monoisotopic (exact) mass is 662 g/mol. The predicted octanol–water partition coefficient (Wildman–Crippen LogP) is 13.4. The molecule has 0 fully saturated rings. The summed E-state index contributed by atoms with van der Waals surface area (Å²) in [6, 6.07) is 70.0. The molecule has 52 heavy (non-hydrogen) atoms. The van der Waals surface area contributed by atoms with E-state index in [1.165, 1.54) is 65.9 Å². The number of rotatable bonds is 6. The number of aromatic nitrogens is 2. The molecule has 0 unspecified atom stereocenters. The number of hydrogen-bond donors (Lipinski definition) is 0. The quantitative estimate of drug-likeness (QED) is 0.157. The lowest BCUT2D eigenvalue weighted by atomic mass is 10.0. The fourth-order valence-corrected chi connectivity index (χ4v) is 7.94. The summed E-state index contributed by atoms with van der Waals surface area (Å²) in [5.74, 6) is 0. The van der Waals surface area contributed by atoms with Crippen LogP contribution in [0.3, 0.4) is 0 Å². The maximum atomic E-state index is 2.41. The summed E-state index contributed by atoms with van der Waals surface area (Å²) in [5, 5.41) is 5.06. The summed E-state index contributed by atoms with van der Waals surface area (Å²) in [6.07, 6.45) is 4.40. The molecule has 2 heterocycles. The number of hydrogen-bond acceptors (Lipinski definition) is 0. The average molecular weight is 663 g/mol. The molecule has 10 rings (SSSR count). The minimum Gasteiger partial charge on any atom is -0.309 e. The van der Waals surface area contributed by atoms with Gasteiger partial charge in [0.25, 0.3) is 0 Å². The Labute approximate surface area is 302 Å². The van der Waals surface area contributed by atoms with Gasteiger partial charge in [-0.25, -0.2) is 0 Å². The molecule has 0 aliphatic rings. The van der Waals surface area contributed by atoms with Crippen LogP contribution in [-0.4, -0.2) is 9.13 Å². The van der Waals surface area contributed by atoms with Crippen molar-refractivity contribution in [3.8, 4) is 33.6 Å². The predicted molar refractivity (Wildman–Crippen MR) is 221 cm³/mol. The van der Waals surface area contributed by atoms with E-state index in [2.05, 4.69) is 215 Å². The second kappa shape index (κ2) is 12.5. The second-order valence-corrected chi connectivity index (χ2v) is 13.4. The van der Waals surface area contributed by atoms with Crippen LogP contribution in [-0.2, 0) is 0 Å². The fourth-order valence-electron chi connectivity index (χ4n) is 7.94. The summed E-state index contributed by atoms with van der Waals surface area (Å²) < 4.78 is 4.83. The van der Waals surface area contributed by atoms with Crippen LogP contribution in [0.15, 0.2) is 194 Å². The molecule has 0 amide bonds. The molecule has 0 aliphatic heterocycles. The van der Waals surface area contributed by atoms with Gasteiger partial charge in [0.15, 0.2) is 0 Å². The van der Waals surface area contributed by atoms with Crippen molar-refractivity contribution in [2.75, 3.05) is 0 Å². The molecule has 2 nitrogen and oxygen atoms in total. The van der Waals surface area contributed by atoms with E-state index in [9.17, 15) is 0 Å². The fraction of sp³-hybridized carbons (Fsp3) is 0. The van der Waals surface area contributed by atoms with Crippen LogP contribution in [0.4, 0.5) is 0 Å². The molecule has 0 saturated heterocycles. The van der Waals surface area contributed by atoms with Crippen LogP contribution in [0, 0.1) is 0 Å². The van der Waals surface area contributed by atoms with Gasteiger partial charge in [-0.15, -0.1) is 0 Å². The molecule has 0 aliphatic carbocycles. The highest BCUT2D eigenvalue weighted by Crippen LogP contribution is 2.39. The smallest absolute Gasteiger partial charge is 0.0619 e. The molecule has 244 valence electrons. The van der Waals surface area contributed by atoms with Gasteiger partial charge in [0.1, 0.15) is 0 Å². The third-order valence-corrected chi connectivity index (χ3v) is 10.3. The van der Waals surface area contributed by atoms with Crippen LogP contribution in [0.1, 0.15) is 11.1 Å². The van der Waals surface area contributed by atoms with Crippen LogP contribution in [0.2, 0.25) is 0 Å². The van der Waals surface area contributed by atoms with E-state index >= 15 is 0 Å². The first-order valence-corrected chi connectivity index (χ1v) is 17.9. The van der Waals surface area contributed by atoms with E-state index in [-0.39, 0.29) is 0 Å². The lowest BCUT2D eigenvalue weighted by Gasteiger charge is -2.12. The number of para-hydroxylation sites is 4. The van der Waals surface area contributed by atoms with E-state index < -0.39 is 0 Å². The van der Waals surface area contributed by atoms with Crippen molar-refractivity contribution in [3.63, 3.8) is 0 Å². The highest BCUT2D eigenvalue weighted by atomic mass is 15.0. The first-order chi connectivity index (χ1) is 25.8. The lowest BCUT2D eigenvalue weighted by Crippen LogP contribution is -1.95. The van der Waals surface area contributed by atoms with Crippen LogP contribution in [0.25, 0.3) is 89.4 Å². The molecule has 0 atom stereocenters. The molecule has 0 bridgehead atoms. The van der Waals surface area contributed by atoms with Gasteiger partial charge >= 0.3 is 0 Å². The van der Waals surface area contributed by atoms with Crippen molar-refractivity contribution < 1.29 is 0 Å². The normalized spacial score (nSPS) is 11.8. The molecule has 0 saturated carbocycles. The van der Waals surface area contributed by atoms with Crippen LogP contribution in [0.5, 0.6) is 0 Å². The van der Waals surface area contributed by atoms with E-state index in [1.807, 2.05) is 0 Å². The second-order valence-electron chi connectivity index (χ2n) is 13.4. The zero-order valence-electron chi connectivity index (χ0n) is 28.5. The SMILES string of the molecule is C(=C\c1ccc(-n2c3ccccc3c3cccc(-c4ccccc4)c32)cc1)/c1ccc(-n2c3ccccc3c3cccc(-c4ccccc4)c32)cc1. The van der Waals surface area contributed by atoms with E-state index in [0.717, 1.165) is 22.5 Å². The van der Waals surface area contributed by atoms with Crippen molar-refractivity contribution in [2.45, 2.75) is 0 Å². The Morgan fingerprint density at radius 1 is 0.288 bits per heavy atom. The van der Waals surface area contributed by atoms with Crippen molar-refractivity contribution in [1.82, 2.24) is 9.13 Å². The Bertz CT molecular complexity index is 2710. The van der Waals surface area contributed by atoms with Gasteiger partial charge < -0.3 is 9.13 Å². The summed E-state index contributed by atoms with van der Waals surface area (Å²) in [4.78, 5) is 0. The average Bonchev–Trinajstić information content (AvgIpc) is 3.75. The number of fused-ring (bicyclic) bond motifs is 6. The van der Waals surface area contributed by atoms with Crippen molar-refractivity contribution in [3.05, 3.63) is 205 Å². The molecule has 0 N–H and O–H groups in total. The minimum atomic E-state index is 1.15. The molecule has 0 radical (unpaired) electrons. The zero-order valence-corrected chi connectivity index (χ0v) is 28.5. The first kappa shape index (κ1) is 30.0. The van der Waals surface area contributed by atoms with Crippen molar-refractivity contribution in [2.24, 2.45) is 0 Å². The summed E-state index contributed by atoms with van der Waals surface area (Å²) in [5.41, 5.74) is 14.4. The molecular formula is C50H34N2. The maximum absolute atomic E-state index is 2.41. The largest absolute Gasteiger partial charge is 0.309 e. The topological polar surface area (TPSA) is 9.86 Å². The Morgan fingerprint density at radius 3 is 1.08 bits per heavy atom. The molecule has 10 aromatic rings. The highest BCUT2D eigenvalue weighted by molar-refractivity contribution is 6.15. The highest BCUT2D eigenvalue weighted by Gasteiger charge is 2.17. The van der Waals surface area contributed by atoms with Gasteiger partial charge in [-0.05, 0) is 58.7 Å². The summed E-state index contributed by atoms with van der Waals surface area (Å²) in [6.45, 7) is 0. The summed E-state index contributed by atoms with van der Waals surface area (Å²) in [7, 11) is 0. The number of nitrogens with zero attached hydrogens (tertiary/aromatic N) is 2. The Hall–Kier alpha value is -6.90. The van der Waals surface area contributed by atoms with E-state index in [4.69, 9.17) is 0 Å². The molecule has 8 aromatic carbocycles. The molecule has 0 spiro atoms. The Balaban J connectivity index is 0.999. The standard InChI is InChI=1S/C50H34N2/c1-3-13-37(14-4-1)41-19-11-21-45-43-17-7-9-23-47(43)51(49(41)45)39-31-27-35(28-32-39)25-26-36-29-33-40(34-30-36)52-48-24-10-8-18-44(48)46-22-12-20-42(50(46)52)38-15-5-2-6-16-38/h1-34H/b26-25+. The minimum absolute atomic E-state index is 1.15. The van der Waals surface area contributed by atoms with Crippen LogP contribution < -0.4 is 0 Å². The van der Waals surface area contributed by atoms with Gasteiger partial charge in [-0.2, -0.15) is 0 Å². The van der Waals surface area contributed by atoms with Gasteiger partial charge in [0.05, 0.1) is 22.1 Å². The van der Waals surface area contributed by atoms with Crippen molar-refractivity contribution >= 4 is 55.8 Å². The van der Waals surface area contributed by atoms with Gasteiger partial charge in [0.2, 0.25) is 0 Å². The summed E-state index contributed by atoms with van der Waals surface area (Å²) >= 11 is 0.